The van der Waals surface area contributed by atoms with E-state index in [0.29, 0.717) is 6.54 Å². The molecule has 0 unspecified atom stereocenters. The first kappa shape index (κ1) is 14.6. The van der Waals surface area contributed by atoms with Crippen molar-refractivity contribution in [2.75, 3.05) is 6.61 Å². The summed E-state index contributed by atoms with van der Waals surface area (Å²) >= 11 is 0. The fourth-order valence-electron chi connectivity index (χ4n) is 2.37. The zero-order valence-electron chi connectivity index (χ0n) is 12.2. The molecule has 0 spiro atoms. The first-order chi connectivity index (χ1) is 10.7. The molecule has 1 aliphatic rings. The van der Waals surface area contributed by atoms with Crippen LogP contribution >= 0.6 is 0 Å². The van der Waals surface area contributed by atoms with Gasteiger partial charge >= 0.3 is 0 Å². The lowest BCUT2D eigenvalue weighted by Crippen LogP contribution is -2.36. The van der Waals surface area contributed by atoms with Gasteiger partial charge in [0.2, 0.25) is 0 Å². The van der Waals surface area contributed by atoms with Crippen LogP contribution < -0.4 is 4.74 Å². The van der Waals surface area contributed by atoms with Crippen molar-refractivity contribution in [1.29, 1.82) is 0 Å². The molecule has 114 valence electrons. The van der Waals surface area contributed by atoms with E-state index in [4.69, 9.17) is 4.74 Å². The predicted octanol–water partition coefficient (Wildman–Crippen LogP) is 3.40. The summed E-state index contributed by atoms with van der Waals surface area (Å²) in [5.74, 6) is -0.433. The van der Waals surface area contributed by atoms with E-state index in [1.165, 1.54) is 12.1 Å². The number of carbonyl (C=O) groups excluding carboxylic acids is 1. The van der Waals surface area contributed by atoms with Crippen LogP contribution in [0.3, 0.4) is 0 Å². The molecule has 1 amide bonds. The van der Waals surface area contributed by atoms with E-state index < -0.39 is 5.82 Å². The molecule has 4 heteroatoms. The quantitative estimate of drug-likeness (QED) is 0.818. The van der Waals surface area contributed by atoms with Gasteiger partial charge in [0.25, 0.3) is 5.91 Å². The lowest BCUT2D eigenvalue weighted by atomic mass is 10.2. The third kappa shape index (κ3) is 3.64. The molecule has 0 N–H and O–H groups in total. The molecule has 1 aliphatic carbocycles. The molecule has 0 saturated heterocycles. The first-order valence-corrected chi connectivity index (χ1v) is 7.45. The summed E-state index contributed by atoms with van der Waals surface area (Å²) in [7, 11) is 0. The minimum Gasteiger partial charge on any atom is -0.481 e. The van der Waals surface area contributed by atoms with Gasteiger partial charge < -0.3 is 9.64 Å². The fraction of sp³-hybridized carbons (Fsp3) is 0.278. The standard InChI is InChI=1S/C18H18FNO2/c19-16-8-4-5-9-17(16)22-13-18(21)20(15-10-11-15)12-14-6-2-1-3-7-14/h1-9,15H,10-13H2. The third-order valence-electron chi connectivity index (χ3n) is 3.69. The summed E-state index contributed by atoms with van der Waals surface area (Å²) in [6.07, 6.45) is 2.05. The number of ether oxygens (including phenoxy) is 1. The SMILES string of the molecule is O=C(COc1ccccc1F)N(Cc1ccccc1)C1CC1. The minimum absolute atomic E-state index is 0.102. The van der Waals surface area contributed by atoms with Crippen molar-refractivity contribution in [2.45, 2.75) is 25.4 Å². The first-order valence-electron chi connectivity index (χ1n) is 7.45. The highest BCUT2D eigenvalue weighted by Crippen LogP contribution is 2.28. The molecule has 1 fully saturated rings. The maximum Gasteiger partial charge on any atom is 0.261 e. The molecular weight excluding hydrogens is 281 g/mol. The van der Waals surface area contributed by atoms with E-state index in [1.54, 1.807) is 12.1 Å². The highest BCUT2D eigenvalue weighted by Gasteiger charge is 2.32. The Bertz CT molecular complexity index is 641. The Morgan fingerprint density at radius 3 is 2.45 bits per heavy atom. The van der Waals surface area contributed by atoms with Crippen LogP contribution in [0, 0.1) is 5.82 Å². The molecule has 0 aromatic heterocycles. The number of hydrogen-bond donors (Lipinski definition) is 0. The highest BCUT2D eigenvalue weighted by atomic mass is 19.1. The van der Waals surface area contributed by atoms with E-state index in [1.807, 2.05) is 35.2 Å². The van der Waals surface area contributed by atoms with Gasteiger partial charge in [0.05, 0.1) is 0 Å². The average molecular weight is 299 g/mol. The van der Waals surface area contributed by atoms with Crippen LogP contribution in [0.15, 0.2) is 54.6 Å². The lowest BCUT2D eigenvalue weighted by molar-refractivity contribution is -0.134. The summed E-state index contributed by atoms with van der Waals surface area (Å²) in [6, 6.07) is 16.3. The van der Waals surface area contributed by atoms with Crippen LogP contribution in [-0.2, 0) is 11.3 Å². The van der Waals surface area contributed by atoms with Gasteiger partial charge in [-0.1, -0.05) is 42.5 Å². The van der Waals surface area contributed by atoms with Gasteiger partial charge in [-0.3, -0.25) is 4.79 Å². The second kappa shape index (κ2) is 6.60. The summed E-state index contributed by atoms with van der Waals surface area (Å²) in [4.78, 5) is 14.2. The number of amides is 1. The third-order valence-corrected chi connectivity index (χ3v) is 3.69. The van der Waals surface area contributed by atoms with Gasteiger partial charge in [0.1, 0.15) is 0 Å². The molecule has 3 rings (SSSR count). The van der Waals surface area contributed by atoms with Crippen molar-refractivity contribution in [2.24, 2.45) is 0 Å². The van der Waals surface area contributed by atoms with Crippen molar-refractivity contribution in [1.82, 2.24) is 4.90 Å². The molecule has 2 aromatic rings. The number of nitrogens with zero attached hydrogens (tertiary/aromatic N) is 1. The second-order valence-corrected chi connectivity index (χ2v) is 5.46. The molecule has 22 heavy (non-hydrogen) atoms. The molecule has 0 bridgehead atoms. The number of hydrogen-bond acceptors (Lipinski definition) is 2. The van der Waals surface area contributed by atoms with Crippen molar-refractivity contribution in [3.8, 4) is 5.75 Å². The Labute approximate surface area is 129 Å². The molecule has 2 aromatic carbocycles. The second-order valence-electron chi connectivity index (χ2n) is 5.46. The molecule has 1 saturated carbocycles. The number of halogens is 1. The maximum absolute atomic E-state index is 13.5. The van der Waals surface area contributed by atoms with Gasteiger partial charge in [-0.2, -0.15) is 0 Å². The summed E-state index contributed by atoms with van der Waals surface area (Å²) < 4.78 is 18.8. The van der Waals surface area contributed by atoms with Gasteiger partial charge in [-0.05, 0) is 30.5 Å². The Balaban J connectivity index is 1.62. The topological polar surface area (TPSA) is 29.5 Å². The van der Waals surface area contributed by atoms with Gasteiger partial charge in [0, 0.05) is 12.6 Å². The zero-order chi connectivity index (χ0) is 15.4. The van der Waals surface area contributed by atoms with E-state index >= 15 is 0 Å². The fourth-order valence-corrected chi connectivity index (χ4v) is 2.37. The van der Waals surface area contributed by atoms with Gasteiger partial charge in [-0.25, -0.2) is 4.39 Å². The smallest absolute Gasteiger partial charge is 0.261 e. The van der Waals surface area contributed by atoms with Crippen molar-refractivity contribution < 1.29 is 13.9 Å². The number of rotatable bonds is 6. The Kier molecular flexibility index (Phi) is 4.37. The van der Waals surface area contributed by atoms with Gasteiger partial charge in [0.15, 0.2) is 18.2 Å². The van der Waals surface area contributed by atoms with Crippen LogP contribution in [0.4, 0.5) is 4.39 Å². The number of carbonyl (C=O) groups is 1. The predicted molar refractivity (Wildman–Crippen MR) is 81.9 cm³/mol. The number of benzene rings is 2. The van der Waals surface area contributed by atoms with Crippen molar-refractivity contribution in [3.05, 3.63) is 66.0 Å². The molecule has 0 radical (unpaired) electrons. The minimum atomic E-state index is -0.448. The van der Waals surface area contributed by atoms with Gasteiger partial charge in [-0.15, -0.1) is 0 Å². The van der Waals surface area contributed by atoms with Crippen molar-refractivity contribution in [3.63, 3.8) is 0 Å². The normalized spacial score (nSPS) is 13.7. The Morgan fingerprint density at radius 2 is 1.77 bits per heavy atom. The zero-order valence-corrected chi connectivity index (χ0v) is 12.2. The summed E-state index contributed by atoms with van der Waals surface area (Å²) in [5.41, 5.74) is 1.09. The Hall–Kier alpha value is -2.36. The van der Waals surface area contributed by atoms with E-state index in [-0.39, 0.29) is 24.3 Å². The van der Waals surface area contributed by atoms with Crippen LogP contribution in [0.25, 0.3) is 0 Å². The molecule has 3 nitrogen and oxygen atoms in total. The highest BCUT2D eigenvalue weighted by molar-refractivity contribution is 5.78. The summed E-state index contributed by atoms with van der Waals surface area (Å²) in [6.45, 7) is 0.440. The lowest BCUT2D eigenvalue weighted by Gasteiger charge is -2.22. The van der Waals surface area contributed by atoms with Crippen LogP contribution in [0.5, 0.6) is 5.75 Å². The van der Waals surface area contributed by atoms with E-state index in [0.717, 1.165) is 18.4 Å². The molecular formula is C18H18FNO2. The van der Waals surface area contributed by atoms with Crippen LogP contribution in [0.1, 0.15) is 18.4 Å². The largest absolute Gasteiger partial charge is 0.481 e. The Morgan fingerprint density at radius 1 is 1.09 bits per heavy atom. The molecule has 0 aliphatic heterocycles. The monoisotopic (exact) mass is 299 g/mol. The molecule has 0 heterocycles. The van der Waals surface area contributed by atoms with E-state index in [2.05, 4.69) is 0 Å². The number of para-hydroxylation sites is 1. The average Bonchev–Trinajstić information content (AvgIpc) is 3.37. The molecule has 0 atom stereocenters. The maximum atomic E-state index is 13.5. The van der Waals surface area contributed by atoms with Crippen molar-refractivity contribution >= 4 is 5.91 Å². The summed E-state index contributed by atoms with van der Waals surface area (Å²) in [5, 5.41) is 0. The van der Waals surface area contributed by atoms with Crippen LogP contribution in [-0.4, -0.2) is 23.5 Å². The van der Waals surface area contributed by atoms with Crippen LogP contribution in [0.2, 0.25) is 0 Å². The van der Waals surface area contributed by atoms with E-state index in [9.17, 15) is 9.18 Å².